The van der Waals surface area contributed by atoms with E-state index in [9.17, 15) is 4.79 Å². The number of rotatable bonds is 7. The minimum atomic E-state index is -0.229. The number of imidazole rings is 2. The second kappa shape index (κ2) is 8.24. The molecule has 0 atom stereocenters. The molecule has 0 aromatic carbocycles. The third kappa shape index (κ3) is 3.88. The van der Waals surface area contributed by atoms with Crippen LogP contribution in [-0.2, 0) is 17.8 Å². The van der Waals surface area contributed by atoms with E-state index in [0.717, 1.165) is 16.9 Å². The van der Waals surface area contributed by atoms with Crippen LogP contribution in [0.25, 0.3) is 17.0 Å². The van der Waals surface area contributed by atoms with Gasteiger partial charge in [-0.05, 0) is 36.8 Å². The first-order valence-electron chi connectivity index (χ1n) is 9.34. The molecule has 8 heteroatoms. The molecule has 0 spiro atoms. The molecule has 4 heterocycles. The standard InChI is InChI=1S/C21H22N6O2/c1-15-24-17(14-26(15)11-12-29-2)20-25-19(18-5-3-4-10-27(18)20)21(28)23-13-16-6-8-22-9-7-16/h3-10,14H,11-13H2,1-2H3,(H,23,28). The first-order chi connectivity index (χ1) is 14.2. The van der Waals surface area contributed by atoms with Gasteiger partial charge in [0.1, 0.15) is 11.5 Å². The van der Waals surface area contributed by atoms with Crippen molar-refractivity contribution in [3.05, 3.63) is 72.2 Å². The van der Waals surface area contributed by atoms with Crippen molar-refractivity contribution in [2.75, 3.05) is 13.7 Å². The van der Waals surface area contributed by atoms with Crippen LogP contribution in [0.3, 0.4) is 0 Å². The van der Waals surface area contributed by atoms with Crippen LogP contribution in [0.4, 0.5) is 0 Å². The molecule has 0 fully saturated rings. The number of pyridine rings is 2. The van der Waals surface area contributed by atoms with Crippen LogP contribution in [0.1, 0.15) is 21.9 Å². The lowest BCUT2D eigenvalue weighted by Crippen LogP contribution is -2.23. The number of amides is 1. The summed E-state index contributed by atoms with van der Waals surface area (Å²) in [6.45, 7) is 3.66. The Balaban J connectivity index is 1.66. The summed E-state index contributed by atoms with van der Waals surface area (Å²) < 4.78 is 9.07. The number of carbonyl (C=O) groups is 1. The number of carbonyl (C=O) groups excluding carboxylic acids is 1. The normalized spacial score (nSPS) is 11.1. The fraction of sp³-hybridized carbons (Fsp3) is 0.238. The third-order valence-corrected chi connectivity index (χ3v) is 4.71. The van der Waals surface area contributed by atoms with Gasteiger partial charge in [0, 0.05) is 45.0 Å². The Labute approximate surface area is 168 Å². The Bertz CT molecular complexity index is 1130. The van der Waals surface area contributed by atoms with Crippen molar-refractivity contribution in [1.29, 1.82) is 0 Å². The van der Waals surface area contributed by atoms with Crippen LogP contribution >= 0.6 is 0 Å². The highest BCUT2D eigenvalue weighted by Gasteiger charge is 2.20. The first-order valence-corrected chi connectivity index (χ1v) is 9.34. The van der Waals surface area contributed by atoms with Crippen molar-refractivity contribution in [3.63, 3.8) is 0 Å². The Morgan fingerprint density at radius 2 is 2.00 bits per heavy atom. The van der Waals surface area contributed by atoms with Gasteiger partial charge in [0.15, 0.2) is 11.5 Å². The minimum Gasteiger partial charge on any atom is -0.383 e. The number of methoxy groups -OCH3 is 1. The van der Waals surface area contributed by atoms with E-state index in [1.165, 1.54) is 0 Å². The molecule has 8 nitrogen and oxygen atoms in total. The average molecular weight is 390 g/mol. The smallest absolute Gasteiger partial charge is 0.272 e. The number of ether oxygens (including phenoxy) is 1. The van der Waals surface area contributed by atoms with Crippen LogP contribution in [0.5, 0.6) is 0 Å². The maximum absolute atomic E-state index is 12.8. The topological polar surface area (TPSA) is 86.3 Å². The van der Waals surface area contributed by atoms with E-state index in [1.807, 2.05) is 58.6 Å². The molecule has 0 radical (unpaired) electrons. The minimum absolute atomic E-state index is 0.229. The molecule has 0 aliphatic heterocycles. The predicted molar refractivity (Wildman–Crippen MR) is 108 cm³/mol. The fourth-order valence-corrected chi connectivity index (χ4v) is 3.18. The summed E-state index contributed by atoms with van der Waals surface area (Å²) in [6.07, 6.45) is 7.23. The molecule has 4 rings (SSSR count). The van der Waals surface area contributed by atoms with Crippen LogP contribution < -0.4 is 5.32 Å². The monoisotopic (exact) mass is 390 g/mol. The molecule has 0 saturated carbocycles. The summed E-state index contributed by atoms with van der Waals surface area (Å²) in [6, 6.07) is 9.42. The number of nitrogens with one attached hydrogen (secondary N) is 1. The van der Waals surface area contributed by atoms with Crippen LogP contribution in [-0.4, -0.2) is 43.5 Å². The van der Waals surface area contributed by atoms with Gasteiger partial charge in [-0.15, -0.1) is 0 Å². The van der Waals surface area contributed by atoms with Gasteiger partial charge >= 0.3 is 0 Å². The molecule has 0 aliphatic rings. The van der Waals surface area contributed by atoms with E-state index < -0.39 is 0 Å². The summed E-state index contributed by atoms with van der Waals surface area (Å²) >= 11 is 0. The van der Waals surface area contributed by atoms with Gasteiger partial charge in [-0.3, -0.25) is 14.2 Å². The van der Waals surface area contributed by atoms with Crippen LogP contribution in [0.15, 0.2) is 55.1 Å². The number of nitrogens with zero attached hydrogens (tertiary/aromatic N) is 5. The molecule has 1 amide bonds. The van der Waals surface area contributed by atoms with E-state index >= 15 is 0 Å². The highest BCUT2D eigenvalue weighted by Crippen LogP contribution is 2.22. The van der Waals surface area contributed by atoms with E-state index in [0.29, 0.717) is 36.9 Å². The maximum atomic E-state index is 12.8. The molecular formula is C21H22N6O2. The Kier molecular flexibility index (Phi) is 5.35. The van der Waals surface area contributed by atoms with Gasteiger partial charge < -0.3 is 14.6 Å². The summed E-state index contributed by atoms with van der Waals surface area (Å²) in [5, 5.41) is 2.93. The summed E-state index contributed by atoms with van der Waals surface area (Å²) in [5.74, 6) is 1.27. The molecule has 148 valence electrons. The zero-order valence-corrected chi connectivity index (χ0v) is 16.4. The van der Waals surface area contributed by atoms with Crippen molar-refractivity contribution < 1.29 is 9.53 Å². The molecule has 0 aliphatic carbocycles. The Hall–Kier alpha value is -3.52. The van der Waals surface area contributed by atoms with Crippen molar-refractivity contribution in [2.24, 2.45) is 0 Å². The van der Waals surface area contributed by atoms with E-state index in [2.05, 4.69) is 20.3 Å². The lowest BCUT2D eigenvalue weighted by molar-refractivity contribution is 0.0948. The summed E-state index contributed by atoms with van der Waals surface area (Å²) in [7, 11) is 1.67. The molecule has 29 heavy (non-hydrogen) atoms. The number of hydrogen-bond acceptors (Lipinski definition) is 5. The summed E-state index contributed by atoms with van der Waals surface area (Å²) in [5.41, 5.74) is 2.80. The summed E-state index contributed by atoms with van der Waals surface area (Å²) in [4.78, 5) is 26.1. The predicted octanol–water partition coefficient (Wildman–Crippen LogP) is 2.48. The van der Waals surface area contributed by atoms with Gasteiger partial charge in [-0.1, -0.05) is 6.07 Å². The molecule has 1 N–H and O–H groups in total. The maximum Gasteiger partial charge on any atom is 0.272 e. The SMILES string of the molecule is COCCn1cc(-c2nc(C(=O)NCc3ccncc3)c3ccccn23)nc1C. The van der Waals surface area contributed by atoms with Gasteiger partial charge in [-0.2, -0.15) is 0 Å². The zero-order valence-electron chi connectivity index (χ0n) is 16.4. The van der Waals surface area contributed by atoms with E-state index in [1.54, 1.807) is 19.5 Å². The molecule has 0 saturated heterocycles. The molecule has 4 aromatic heterocycles. The number of fused-ring (bicyclic) bond motifs is 1. The molecule has 0 bridgehead atoms. The highest BCUT2D eigenvalue weighted by molar-refractivity contribution is 5.99. The molecule has 0 unspecified atom stereocenters. The quantitative estimate of drug-likeness (QED) is 0.524. The molecule has 4 aromatic rings. The fourth-order valence-electron chi connectivity index (χ4n) is 3.18. The largest absolute Gasteiger partial charge is 0.383 e. The lowest BCUT2D eigenvalue weighted by atomic mass is 10.2. The number of aromatic nitrogens is 5. The van der Waals surface area contributed by atoms with Crippen molar-refractivity contribution in [3.8, 4) is 11.5 Å². The second-order valence-electron chi connectivity index (χ2n) is 6.64. The zero-order chi connectivity index (χ0) is 20.2. The number of hydrogen-bond donors (Lipinski definition) is 1. The van der Waals surface area contributed by atoms with Crippen molar-refractivity contribution in [2.45, 2.75) is 20.0 Å². The van der Waals surface area contributed by atoms with Crippen molar-refractivity contribution >= 4 is 11.4 Å². The van der Waals surface area contributed by atoms with Gasteiger partial charge in [0.05, 0.1) is 12.1 Å². The highest BCUT2D eigenvalue weighted by atomic mass is 16.5. The lowest BCUT2D eigenvalue weighted by Gasteiger charge is -2.03. The Morgan fingerprint density at radius 1 is 1.17 bits per heavy atom. The van der Waals surface area contributed by atoms with Gasteiger partial charge in [0.25, 0.3) is 5.91 Å². The third-order valence-electron chi connectivity index (χ3n) is 4.71. The van der Waals surface area contributed by atoms with E-state index in [4.69, 9.17) is 4.74 Å². The van der Waals surface area contributed by atoms with Crippen molar-refractivity contribution in [1.82, 2.24) is 29.2 Å². The number of aryl methyl sites for hydroxylation is 1. The molecular weight excluding hydrogens is 368 g/mol. The Morgan fingerprint density at radius 3 is 2.79 bits per heavy atom. The van der Waals surface area contributed by atoms with Crippen LogP contribution in [0.2, 0.25) is 0 Å². The van der Waals surface area contributed by atoms with Crippen LogP contribution in [0, 0.1) is 6.92 Å². The average Bonchev–Trinajstić information content (AvgIpc) is 3.32. The second-order valence-corrected chi connectivity index (χ2v) is 6.64. The first kappa shape index (κ1) is 18.8. The van der Waals surface area contributed by atoms with Gasteiger partial charge in [-0.25, -0.2) is 9.97 Å². The van der Waals surface area contributed by atoms with E-state index in [-0.39, 0.29) is 5.91 Å². The van der Waals surface area contributed by atoms with Gasteiger partial charge in [0.2, 0.25) is 0 Å².